The van der Waals surface area contributed by atoms with E-state index in [0.717, 1.165) is 25.9 Å². The summed E-state index contributed by atoms with van der Waals surface area (Å²) in [7, 11) is 1.97. The lowest BCUT2D eigenvalue weighted by atomic mass is 10.1. The zero-order chi connectivity index (χ0) is 8.97. The molecule has 1 saturated heterocycles. The van der Waals surface area contributed by atoms with Gasteiger partial charge in [-0.05, 0) is 26.0 Å². The van der Waals surface area contributed by atoms with Crippen LogP contribution in [0.1, 0.15) is 12.8 Å². The number of hydrogen-bond donors (Lipinski definition) is 1. The maximum atomic E-state index is 11.1. The molecule has 4 heteroatoms. The van der Waals surface area contributed by atoms with E-state index in [2.05, 4.69) is 11.9 Å². The summed E-state index contributed by atoms with van der Waals surface area (Å²) < 4.78 is 0. The first-order chi connectivity index (χ1) is 5.77. The van der Waals surface area contributed by atoms with E-state index in [1.54, 1.807) is 0 Å². The highest BCUT2D eigenvalue weighted by atomic mass is 35.5. The largest absolute Gasteiger partial charge is 0.339 e. The number of carbonyl (C=O) groups is 1. The Hall–Kier alpha value is -0.540. The molecule has 76 valence electrons. The minimum atomic E-state index is 0. The van der Waals surface area contributed by atoms with Crippen LogP contribution in [0.15, 0.2) is 12.7 Å². The lowest BCUT2D eigenvalue weighted by Gasteiger charge is -2.30. The summed E-state index contributed by atoms with van der Waals surface area (Å²) >= 11 is 0. The van der Waals surface area contributed by atoms with Crippen molar-refractivity contribution in [3.8, 4) is 0 Å². The monoisotopic (exact) mass is 204 g/mol. The van der Waals surface area contributed by atoms with Crippen molar-refractivity contribution in [1.82, 2.24) is 10.2 Å². The van der Waals surface area contributed by atoms with E-state index in [1.807, 2.05) is 11.9 Å². The van der Waals surface area contributed by atoms with Gasteiger partial charge in [-0.3, -0.25) is 4.79 Å². The number of carbonyl (C=O) groups excluding carboxylic acids is 1. The van der Waals surface area contributed by atoms with Gasteiger partial charge in [0.1, 0.15) is 0 Å². The molecular weight excluding hydrogens is 188 g/mol. The molecule has 1 N–H and O–H groups in total. The highest BCUT2D eigenvalue weighted by molar-refractivity contribution is 5.87. The van der Waals surface area contributed by atoms with E-state index in [-0.39, 0.29) is 18.3 Å². The van der Waals surface area contributed by atoms with E-state index >= 15 is 0 Å². The molecule has 0 bridgehead atoms. The van der Waals surface area contributed by atoms with Crippen molar-refractivity contribution in [2.24, 2.45) is 0 Å². The molecule has 0 aromatic heterocycles. The fourth-order valence-corrected chi connectivity index (χ4v) is 1.52. The third kappa shape index (κ3) is 3.36. The Morgan fingerprint density at radius 2 is 2.08 bits per heavy atom. The Morgan fingerprint density at radius 1 is 1.54 bits per heavy atom. The number of rotatable bonds is 2. The molecule has 0 unspecified atom stereocenters. The van der Waals surface area contributed by atoms with Crippen LogP contribution in [0.4, 0.5) is 0 Å². The number of halogens is 1. The van der Waals surface area contributed by atoms with E-state index in [9.17, 15) is 4.79 Å². The van der Waals surface area contributed by atoms with Crippen LogP contribution in [0.5, 0.6) is 0 Å². The number of nitrogens with one attached hydrogen (secondary N) is 1. The Labute approximate surface area is 85.6 Å². The minimum absolute atomic E-state index is 0. The van der Waals surface area contributed by atoms with Gasteiger partial charge in [0.05, 0.1) is 0 Å². The standard InChI is InChI=1S/C9H16N2O.ClH/c1-3-9(12)11-6-4-8(10-2)5-7-11;/h3,8,10H,1,4-7H2,2H3;1H. The summed E-state index contributed by atoms with van der Waals surface area (Å²) in [6, 6.07) is 0.582. The van der Waals surface area contributed by atoms with Gasteiger partial charge < -0.3 is 10.2 Å². The van der Waals surface area contributed by atoms with E-state index in [4.69, 9.17) is 0 Å². The molecule has 0 aliphatic carbocycles. The second kappa shape index (κ2) is 6.00. The van der Waals surface area contributed by atoms with Crippen LogP contribution >= 0.6 is 12.4 Å². The molecule has 1 amide bonds. The maximum Gasteiger partial charge on any atom is 0.245 e. The first kappa shape index (κ1) is 12.5. The Kier molecular flexibility index (Phi) is 5.75. The van der Waals surface area contributed by atoms with Crippen molar-refractivity contribution in [1.29, 1.82) is 0 Å². The third-order valence-corrected chi connectivity index (χ3v) is 2.39. The lowest BCUT2D eigenvalue weighted by molar-refractivity contribution is -0.127. The average Bonchev–Trinajstić information content (AvgIpc) is 2.17. The first-order valence-corrected chi connectivity index (χ1v) is 4.36. The highest BCUT2D eigenvalue weighted by Gasteiger charge is 2.19. The van der Waals surface area contributed by atoms with Crippen LogP contribution in [-0.2, 0) is 4.79 Å². The zero-order valence-corrected chi connectivity index (χ0v) is 8.77. The lowest BCUT2D eigenvalue weighted by Crippen LogP contribution is -2.43. The number of amides is 1. The Bertz CT molecular complexity index is 176. The van der Waals surface area contributed by atoms with Crippen LogP contribution in [0.2, 0.25) is 0 Å². The van der Waals surface area contributed by atoms with Crippen molar-refractivity contribution in [3.05, 3.63) is 12.7 Å². The summed E-state index contributed by atoms with van der Waals surface area (Å²) in [6.07, 6.45) is 3.49. The maximum absolute atomic E-state index is 11.1. The molecule has 0 atom stereocenters. The van der Waals surface area contributed by atoms with Crippen molar-refractivity contribution < 1.29 is 4.79 Å². The second-order valence-corrected chi connectivity index (χ2v) is 3.09. The van der Waals surface area contributed by atoms with Gasteiger partial charge >= 0.3 is 0 Å². The second-order valence-electron chi connectivity index (χ2n) is 3.09. The molecule has 13 heavy (non-hydrogen) atoms. The van der Waals surface area contributed by atoms with Crippen LogP contribution in [0.25, 0.3) is 0 Å². The van der Waals surface area contributed by atoms with Gasteiger partial charge in [-0.1, -0.05) is 6.58 Å². The summed E-state index contributed by atoms with van der Waals surface area (Å²) in [6.45, 7) is 5.18. The fourth-order valence-electron chi connectivity index (χ4n) is 1.52. The van der Waals surface area contributed by atoms with Crippen molar-refractivity contribution >= 4 is 18.3 Å². The third-order valence-electron chi connectivity index (χ3n) is 2.39. The van der Waals surface area contributed by atoms with Gasteiger partial charge in [-0.2, -0.15) is 0 Å². The number of piperidine rings is 1. The summed E-state index contributed by atoms with van der Waals surface area (Å²) in [4.78, 5) is 13.0. The number of hydrogen-bond acceptors (Lipinski definition) is 2. The molecule has 0 aromatic rings. The van der Waals surface area contributed by atoms with Gasteiger partial charge in [0.2, 0.25) is 5.91 Å². The van der Waals surface area contributed by atoms with Crippen molar-refractivity contribution in [2.75, 3.05) is 20.1 Å². The predicted molar refractivity (Wildman–Crippen MR) is 56.1 cm³/mol. The smallest absolute Gasteiger partial charge is 0.245 e. The molecular formula is C9H17ClN2O. The SMILES string of the molecule is C=CC(=O)N1CCC(NC)CC1.Cl. The Morgan fingerprint density at radius 3 is 2.46 bits per heavy atom. The predicted octanol–water partition coefficient (Wildman–Crippen LogP) is 0.805. The molecule has 1 heterocycles. The first-order valence-electron chi connectivity index (χ1n) is 4.36. The summed E-state index contributed by atoms with van der Waals surface area (Å²) in [5, 5.41) is 3.22. The minimum Gasteiger partial charge on any atom is -0.339 e. The van der Waals surface area contributed by atoms with Crippen molar-refractivity contribution in [2.45, 2.75) is 18.9 Å². The molecule has 1 fully saturated rings. The quantitative estimate of drug-likeness (QED) is 0.676. The van der Waals surface area contributed by atoms with Gasteiger partial charge in [-0.15, -0.1) is 12.4 Å². The van der Waals surface area contributed by atoms with Gasteiger partial charge in [0.25, 0.3) is 0 Å². The van der Waals surface area contributed by atoms with Crippen LogP contribution < -0.4 is 5.32 Å². The average molecular weight is 205 g/mol. The zero-order valence-electron chi connectivity index (χ0n) is 7.95. The van der Waals surface area contributed by atoms with E-state index < -0.39 is 0 Å². The summed E-state index contributed by atoms with van der Waals surface area (Å²) in [5.74, 6) is 0.0598. The molecule has 0 radical (unpaired) electrons. The number of likely N-dealkylation sites (tertiary alicyclic amines) is 1. The van der Waals surface area contributed by atoms with E-state index in [0.29, 0.717) is 6.04 Å². The highest BCUT2D eigenvalue weighted by Crippen LogP contribution is 2.09. The molecule has 1 aliphatic rings. The topological polar surface area (TPSA) is 32.3 Å². The van der Waals surface area contributed by atoms with Crippen molar-refractivity contribution in [3.63, 3.8) is 0 Å². The van der Waals surface area contributed by atoms with Crippen LogP contribution in [0, 0.1) is 0 Å². The van der Waals surface area contributed by atoms with Gasteiger partial charge in [0.15, 0.2) is 0 Å². The number of nitrogens with zero attached hydrogens (tertiary/aromatic N) is 1. The van der Waals surface area contributed by atoms with Gasteiger partial charge in [0, 0.05) is 19.1 Å². The Balaban J connectivity index is 0.00000144. The normalized spacial score (nSPS) is 17.8. The molecule has 0 saturated carbocycles. The molecule has 1 aliphatic heterocycles. The molecule has 3 nitrogen and oxygen atoms in total. The molecule has 0 aromatic carbocycles. The molecule has 0 spiro atoms. The van der Waals surface area contributed by atoms with Crippen LogP contribution in [0.3, 0.4) is 0 Å². The van der Waals surface area contributed by atoms with Crippen LogP contribution in [-0.4, -0.2) is 37.0 Å². The fraction of sp³-hybridized carbons (Fsp3) is 0.667. The van der Waals surface area contributed by atoms with Gasteiger partial charge in [-0.25, -0.2) is 0 Å². The molecule has 1 rings (SSSR count). The summed E-state index contributed by atoms with van der Waals surface area (Å²) in [5.41, 5.74) is 0. The van der Waals surface area contributed by atoms with E-state index in [1.165, 1.54) is 6.08 Å².